The van der Waals surface area contributed by atoms with Crippen LogP contribution in [0.2, 0.25) is 0 Å². The molecule has 0 atom stereocenters. The number of nitrogens with zero attached hydrogens (tertiary/aromatic N) is 1. The number of rotatable bonds is 6. The molecule has 0 aliphatic carbocycles. The van der Waals surface area contributed by atoms with Crippen LogP contribution in [0.5, 0.6) is 5.75 Å². The van der Waals surface area contributed by atoms with Crippen LogP contribution in [-0.2, 0) is 6.42 Å². The fourth-order valence-corrected chi connectivity index (χ4v) is 5.52. The number of ether oxygens (including phenoxy) is 1. The minimum Gasteiger partial charge on any atom is -0.491 e. The minimum absolute atomic E-state index is 0.0463. The molecule has 0 spiro atoms. The third-order valence-corrected chi connectivity index (χ3v) is 6.99. The third-order valence-electron chi connectivity index (χ3n) is 4.90. The van der Waals surface area contributed by atoms with Crippen molar-refractivity contribution in [2.24, 2.45) is 5.73 Å². The van der Waals surface area contributed by atoms with Gasteiger partial charge in [0.15, 0.2) is 5.75 Å². The van der Waals surface area contributed by atoms with Crippen molar-refractivity contribution in [1.82, 2.24) is 9.97 Å². The summed E-state index contributed by atoms with van der Waals surface area (Å²) in [7, 11) is 0. The number of H-pyrrole nitrogens is 1. The lowest BCUT2D eigenvalue weighted by atomic mass is 10.1. The van der Waals surface area contributed by atoms with Gasteiger partial charge in [-0.2, -0.15) is 0 Å². The van der Waals surface area contributed by atoms with Gasteiger partial charge in [-0.1, -0.05) is 6.92 Å². The van der Waals surface area contributed by atoms with Gasteiger partial charge in [-0.15, -0.1) is 11.3 Å². The van der Waals surface area contributed by atoms with Crippen LogP contribution >= 0.6 is 27.3 Å². The smallest absolute Gasteiger partial charge is 0.346 e. The Hall–Kier alpha value is -2.98. The molecule has 1 amide bonds. The first-order chi connectivity index (χ1) is 14.8. The Morgan fingerprint density at radius 1 is 1.35 bits per heavy atom. The molecule has 0 unspecified atom stereocenters. The van der Waals surface area contributed by atoms with Crippen molar-refractivity contribution in [2.75, 3.05) is 6.61 Å². The lowest BCUT2D eigenvalue weighted by Crippen LogP contribution is -2.13. The molecule has 7 nitrogen and oxygen atoms in total. The number of carbonyl (C=O) groups excluding carboxylic acids is 1. The highest BCUT2D eigenvalue weighted by molar-refractivity contribution is 9.10. The number of aromatic nitrogens is 2. The van der Waals surface area contributed by atoms with Crippen LogP contribution in [0.1, 0.15) is 39.4 Å². The summed E-state index contributed by atoms with van der Waals surface area (Å²) < 4.78 is 21.3. The number of aromatic carboxylic acids is 1. The van der Waals surface area contributed by atoms with Crippen LogP contribution in [0.15, 0.2) is 22.7 Å². The van der Waals surface area contributed by atoms with Gasteiger partial charge in [0.05, 0.1) is 28.0 Å². The number of hydrogen-bond donors (Lipinski definition) is 3. The number of imidazole rings is 1. The number of benzene rings is 2. The summed E-state index contributed by atoms with van der Waals surface area (Å²) in [6.07, 6.45) is 0.557. The van der Waals surface area contributed by atoms with E-state index in [0.29, 0.717) is 32.9 Å². The second-order valence-electron chi connectivity index (χ2n) is 6.72. The molecule has 31 heavy (non-hydrogen) atoms. The van der Waals surface area contributed by atoms with Crippen molar-refractivity contribution >= 4 is 60.3 Å². The summed E-state index contributed by atoms with van der Waals surface area (Å²) in [4.78, 5) is 31.4. The second-order valence-corrected chi connectivity index (χ2v) is 8.54. The number of halogens is 2. The first-order valence-corrected chi connectivity index (χ1v) is 11.0. The maximum Gasteiger partial charge on any atom is 0.346 e. The molecule has 0 aliphatic rings. The van der Waals surface area contributed by atoms with Crippen LogP contribution in [0.25, 0.3) is 32.5 Å². The Balaban J connectivity index is 2.10. The molecular weight excluding hydrogens is 489 g/mol. The normalized spacial score (nSPS) is 11.4. The number of hydrogen-bond acceptors (Lipinski definition) is 5. The van der Waals surface area contributed by atoms with Crippen molar-refractivity contribution in [3.05, 3.63) is 44.5 Å². The number of aromatic amines is 1. The van der Waals surface area contributed by atoms with E-state index in [1.54, 1.807) is 13.0 Å². The topological polar surface area (TPSA) is 118 Å². The van der Waals surface area contributed by atoms with Crippen molar-refractivity contribution < 1.29 is 23.8 Å². The average molecular weight is 506 g/mol. The quantitative estimate of drug-likeness (QED) is 0.336. The van der Waals surface area contributed by atoms with Gasteiger partial charge in [0.1, 0.15) is 22.0 Å². The largest absolute Gasteiger partial charge is 0.491 e. The maximum absolute atomic E-state index is 14.8. The van der Waals surface area contributed by atoms with Crippen LogP contribution in [0.3, 0.4) is 0 Å². The number of nitrogens with one attached hydrogen (secondary N) is 1. The van der Waals surface area contributed by atoms with E-state index >= 15 is 0 Å². The molecule has 10 heteroatoms. The standard InChI is InChI=1S/C21H17BrFN3O4S/c1-3-8-7-10(23)17-12(14(8)22)13(18(31-17)21(28)29)20-25-11-6-5-9(19(24)27)16(30-4-2)15(11)26-20/h5-7H,3-4H2,1-2H3,(H2,24,27)(H,25,26)(H,28,29). The van der Waals surface area contributed by atoms with Gasteiger partial charge < -0.3 is 20.6 Å². The number of primary amides is 1. The van der Waals surface area contributed by atoms with Gasteiger partial charge >= 0.3 is 5.97 Å². The third kappa shape index (κ3) is 3.35. The maximum atomic E-state index is 14.8. The molecule has 4 aromatic rings. The predicted octanol–water partition coefficient (Wildman–Crippen LogP) is 5.10. The average Bonchev–Trinajstić information content (AvgIpc) is 3.33. The number of nitrogens with two attached hydrogens (primary N) is 1. The Morgan fingerprint density at radius 2 is 2.10 bits per heavy atom. The Bertz CT molecular complexity index is 1380. The van der Waals surface area contributed by atoms with Crippen LogP contribution in [0, 0.1) is 5.82 Å². The van der Waals surface area contributed by atoms with E-state index in [9.17, 15) is 19.1 Å². The van der Waals surface area contributed by atoms with Gasteiger partial charge in [0.25, 0.3) is 5.91 Å². The predicted molar refractivity (Wildman–Crippen MR) is 121 cm³/mol. The second kappa shape index (κ2) is 7.93. The van der Waals surface area contributed by atoms with Gasteiger partial charge in [0.2, 0.25) is 0 Å². The molecule has 0 saturated carbocycles. The zero-order valence-electron chi connectivity index (χ0n) is 16.5. The van der Waals surface area contributed by atoms with Gasteiger partial charge in [0, 0.05) is 9.86 Å². The van der Waals surface area contributed by atoms with Crippen LogP contribution in [-0.4, -0.2) is 33.6 Å². The van der Waals surface area contributed by atoms with Crippen molar-refractivity contribution in [1.29, 1.82) is 0 Å². The summed E-state index contributed by atoms with van der Waals surface area (Å²) in [5, 5.41) is 10.2. The lowest BCUT2D eigenvalue weighted by molar-refractivity contribution is 0.0702. The molecule has 0 fully saturated rings. The van der Waals surface area contributed by atoms with E-state index < -0.39 is 17.7 Å². The van der Waals surface area contributed by atoms with Crippen molar-refractivity contribution in [3.63, 3.8) is 0 Å². The zero-order chi connectivity index (χ0) is 22.4. The fourth-order valence-electron chi connectivity index (χ4n) is 3.54. The highest BCUT2D eigenvalue weighted by Crippen LogP contribution is 2.45. The Kier molecular flexibility index (Phi) is 5.44. The first-order valence-electron chi connectivity index (χ1n) is 9.40. The highest BCUT2D eigenvalue weighted by atomic mass is 79.9. The fraction of sp³-hybridized carbons (Fsp3) is 0.190. The Labute approximate surface area is 188 Å². The summed E-state index contributed by atoms with van der Waals surface area (Å²) >= 11 is 4.37. The van der Waals surface area contributed by atoms with Gasteiger partial charge in [-0.05, 0) is 53.0 Å². The van der Waals surface area contributed by atoms with Gasteiger partial charge in [-0.3, -0.25) is 4.79 Å². The van der Waals surface area contributed by atoms with E-state index in [4.69, 9.17) is 10.5 Å². The van der Waals surface area contributed by atoms with Crippen LogP contribution < -0.4 is 10.5 Å². The highest BCUT2D eigenvalue weighted by Gasteiger charge is 2.27. The van der Waals surface area contributed by atoms with E-state index in [0.717, 1.165) is 11.3 Å². The molecule has 0 radical (unpaired) electrons. The number of carboxylic acids is 1. The molecule has 2 aromatic carbocycles. The molecule has 0 saturated heterocycles. The molecule has 4 N–H and O–H groups in total. The monoisotopic (exact) mass is 505 g/mol. The van der Waals surface area contributed by atoms with Crippen LogP contribution in [0.4, 0.5) is 4.39 Å². The molecule has 0 bridgehead atoms. The summed E-state index contributed by atoms with van der Waals surface area (Å²) in [6, 6.07) is 4.55. The molecule has 160 valence electrons. The van der Waals surface area contributed by atoms with Crippen molar-refractivity contribution in [2.45, 2.75) is 20.3 Å². The first kappa shape index (κ1) is 21.3. The zero-order valence-corrected chi connectivity index (χ0v) is 18.9. The number of fused-ring (bicyclic) bond motifs is 2. The van der Waals surface area contributed by atoms with E-state index in [2.05, 4.69) is 25.9 Å². The molecule has 2 aromatic heterocycles. The SMILES string of the molecule is CCOc1c(C(N)=O)ccc2[nH]c(-c3c(C(=O)O)sc4c(F)cc(CC)c(Br)c34)nc12. The number of amides is 1. The summed E-state index contributed by atoms with van der Waals surface area (Å²) in [6.45, 7) is 3.93. The lowest BCUT2D eigenvalue weighted by Gasteiger charge is -2.07. The molecular formula is C21H17BrFN3O4S. The summed E-state index contributed by atoms with van der Waals surface area (Å²) in [5.74, 6) is -1.90. The minimum atomic E-state index is -1.19. The van der Waals surface area contributed by atoms with Gasteiger partial charge in [-0.25, -0.2) is 14.2 Å². The van der Waals surface area contributed by atoms with E-state index in [-0.39, 0.29) is 38.9 Å². The Morgan fingerprint density at radius 3 is 2.71 bits per heavy atom. The number of carbonyl (C=O) groups is 2. The number of aryl methyl sites for hydroxylation is 1. The molecule has 4 rings (SSSR count). The number of thiophene rings is 1. The van der Waals surface area contributed by atoms with E-state index in [1.807, 2.05) is 6.92 Å². The van der Waals surface area contributed by atoms with E-state index in [1.165, 1.54) is 12.1 Å². The molecule has 2 heterocycles. The molecule has 0 aliphatic heterocycles. The number of carboxylic acid groups (broad SMARTS) is 1. The van der Waals surface area contributed by atoms with Crippen molar-refractivity contribution in [3.8, 4) is 17.1 Å². The summed E-state index contributed by atoms with van der Waals surface area (Å²) in [5.41, 5.74) is 7.48.